The van der Waals surface area contributed by atoms with Crippen molar-refractivity contribution in [1.82, 2.24) is 24.6 Å². The number of nitrogen functional groups attached to an aromatic ring is 1. The topological polar surface area (TPSA) is 99.2 Å². The molecule has 2 aromatic rings. The van der Waals surface area contributed by atoms with Crippen LogP contribution in [0.5, 0.6) is 5.88 Å². The Kier molecular flexibility index (Phi) is 4.29. The van der Waals surface area contributed by atoms with Crippen molar-refractivity contribution < 1.29 is 9.53 Å². The highest BCUT2D eigenvalue weighted by atomic mass is 32.1. The normalized spacial score (nSPS) is 15.6. The van der Waals surface area contributed by atoms with Crippen LogP contribution >= 0.6 is 12.6 Å². The number of hydrogen-bond donors (Lipinski definition) is 2. The number of aromatic nitrogens is 4. The van der Waals surface area contributed by atoms with Crippen molar-refractivity contribution in [3.63, 3.8) is 0 Å². The highest BCUT2D eigenvalue weighted by Gasteiger charge is 2.34. The van der Waals surface area contributed by atoms with Crippen molar-refractivity contribution in [2.45, 2.75) is 38.8 Å². The van der Waals surface area contributed by atoms with Gasteiger partial charge in [0.25, 0.3) is 0 Å². The van der Waals surface area contributed by atoms with Crippen molar-refractivity contribution in [2.75, 3.05) is 24.6 Å². The highest BCUT2D eigenvalue weighted by Crippen LogP contribution is 2.32. The quantitative estimate of drug-likeness (QED) is 0.801. The van der Waals surface area contributed by atoms with Crippen LogP contribution in [0.15, 0.2) is 6.33 Å². The first kappa shape index (κ1) is 16.8. The Bertz CT molecular complexity index is 763. The standard InChI is InChI=1S/C15H22N6O2S/c1-15(2,3)21-13-11(12(16)17-8-18-13)14(19-21)23-9-6-20(7-9)10(22)4-5-24/h8-9,24H,4-7H2,1-3H3,(H2,16,17,18). The number of carbonyl (C=O) groups is 1. The second-order valence-electron chi connectivity index (χ2n) is 6.86. The van der Waals surface area contributed by atoms with Crippen LogP contribution in [0.1, 0.15) is 27.2 Å². The largest absolute Gasteiger partial charge is 0.469 e. The zero-order valence-electron chi connectivity index (χ0n) is 14.1. The predicted octanol–water partition coefficient (Wildman–Crippen LogP) is 1.07. The molecule has 1 aliphatic heterocycles. The number of ether oxygens (including phenoxy) is 1. The number of likely N-dealkylation sites (tertiary alicyclic amines) is 1. The van der Waals surface area contributed by atoms with Gasteiger partial charge in [-0.2, -0.15) is 12.6 Å². The van der Waals surface area contributed by atoms with Crippen LogP contribution in [-0.4, -0.2) is 55.5 Å². The van der Waals surface area contributed by atoms with Gasteiger partial charge in [0.1, 0.15) is 23.6 Å². The Labute approximate surface area is 145 Å². The van der Waals surface area contributed by atoms with Crippen molar-refractivity contribution in [2.24, 2.45) is 0 Å². The van der Waals surface area contributed by atoms with Crippen molar-refractivity contribution in [1.29, 1.82) is 0 Å². The third-order valence-corrected chi connectivity index (χ3v) is 4.13. The Morgan fingerprint density at radius 3 is 2.75 bits per heavy atom. The van der Waals surface area contributed by atoms with Crippen molar-refractivity contribution in [3.05, 3.63) is 6.33 Å². The number of fused-ring (bicyclic) bond motifs is 1. The molecule has 0 saturated carbocycles. The average Bonchev–Trinajstić information content (AvgIpc) is 2.82. The third-order valence-electron chi connectivity index (χ3n) is 3.90. The van der Waals surface area contributed by atoms with E-state index in [1.807, 2.05) is 20.8 Å². The van der Waals surface area contributed by atoms with Gasteiger partial charge in [0, 0.05) is 6.42 Å². The monoisotopic (exact) mass is 350 g/mol. The van der Waals surface area contributed by atoms with E-state index in [1.165, 1.54) is 6.33 Å². The average molecular weight is 350 g/mol. The maximum absolute atomic E-state index is 11.8. The maximum Gasteiger partial charge on any atom is 0.246 e. The van der Waals surface area contributed by atoms with E-state index in [1.54, 1.807) is 9.58 Å². The minimum Gasteiger partial charge on any atom is -0.469 e. The van der Waals surface area contributed by atoms with Gasteiger partial charge in [-0.1, -0.05) is 0 Å². The lowest BCUT2D eigenvalue weighted by Crippen LogP contribution is -2.56. The maximum atomic E-state index is 11.8. The second-order valence-corrected chi connectivity index (χ2v) is 7.30. The van der Waals surface area contributed by atoms with E-state index in [9.17, 15) is 4.79 Å². The summed E-state index contributed by atoms with van der Waals surface area (Å²) in [5, 5.41) is 5.16. The number of amides is 1. The minimum absolute atomic E-state index is 0.0952. The summed E-state index contributed by atoms with van der Waals surface area (Å²) < 4.78 is 7.76. The Balaban J connectivity index is 1.82. The fourth-order valence-corrected chi connectivity index (χ4v) is 2.81. The molecule has 3 heterocycles. The summed E-state index contributed by atoms with van der Waals surface area (Å²) in [5.74, 6) is 1.41. The Morgan fingerprint density at radius 1 is 1.42 bits per heavy atom. The zero-order valence-corrected chi connectivity index (χ0v) is 15.0. The van der Waals surface area contributed by atoms with Gasteiger partial charge in [0.2, 0.25) is 11.8 Å². The van der Waals surface area contributed by atoms with E-state index in [-0.39, 0.29) is 17.6 Å². The molecule has 1 aliphatic rings. The van der Waals surface area contributed by atoms with Crippen LogP contribution in [0.25, 0.3) is 11.0 Å². The number of nitrogens with two attached hydrogens (primary N) is 1. The zero-order chi connectivity index (χ0) is 17.5. The van der Waals surface area contributed by atoms with Gasteiger partial charge in [-0.3, -0.25) is 4.79 Å². The van der Waals surface area contributed by atoms with Crippen LogP contribution in [0, 0.1) is 0 Å². The fourth-order valence-electron chi connectivity index (χ4n) is 2.62. The molecule has 8 nitrogen and oxygen atoms in total. The molecule has 2 N–H and O–H groups in total. The molecular formula is C15H22N6O2S. The summed E-state index contributed by atoms with van der Waals surface area (Å²) in [6.07, 6.45) is 1.77. The molecule has 0 atom stereocenters. The summed E-state index contributed by atoms with van der Waals surface area (Å²) >= 11 is 4.08. The first-order valence-electron chi connectivity index (χ1n) is 7.86. The molecule has 0 unspecified atom stereocenters. The molecule has 0 radical (unpaired) electrons. The van der Waals surface area contributed by atoms with Crippen LogP contribution in [0.2, 0.25) is 0 Å². The van der Waals surface area contributed by atoms with Crippen molar-refractivity contribution >= 4 is 35.4 Å². The van der Waals surface area contributed by atoms with Crippen LogP contribution in [0.3, 0.4) is 0 Å². The molecule has 3 rings (SSSR count). The summed E-state index contributed by atoms with van der Waals surface area (Å²) in [6.45, 7) is 7.18. The lowest BCUT2D eigenvalue weighted by Gasteiger charge is -2.38. The van der Waals surface area contributed by atoms with E-state index in [2.05, 4.69) is 27.7 Å². The molecule has 1 saturated heterocycles. The van der Waals surface area contributed by atoms with Crippen molar-refractivity contribution in [3.8, 4) is 5.88 Å². The third kappa shape index (κ3) is 3.00. The summed E-state index contributed by atoms with van der Waals surface area (Å²) in [4.78, 5) is 21.9. The van der Waals surface area contributed by atoms with E-state index in [4.69, 9.17) is 10.5 Å². The molecule has 2 aromatic heterocycles. The predicted molar refractivity (Wildman–Crippen MR) is 94.2 cm³/mol. The first-order valence-corrected chi connectivity index (χ1v) is 8.49. The van der Waals surface area contributed by atoms with E-state index in [0.717, 1.165) is 0 Å². The Hall–Kier alpha value is -2.03. The van der Waals surface area contributed by atoms with E-state index in [0.29, 0.717) is 48.0 Å². The Morgan fingerprint density at radius 2 is 2.12 bits per heavy atom. The van der Waals surface area contributed by atoms with E-state index < -0.39 is 0 Å². The van der Waals surface area contributed by atoms with Crippen LogP contribution < -0.4 is 10.5 Å². The van der Waals surface area contributed by atoms with Gasteiger partial charge in [0.05, 0.1) is 18.6 Å². The second kappa shape index (κ2) is 6.12. The van der Waals surface area contributed by atoms with Gasteiger partial charge in [0.15, 0.2) is 5.65 Å². The van der Waals surface area contributed by atoms with Gasteiger partial charge in [-0.15, -0.1) is 5.10 Å². The minimum atomic E-state index is -0.269. The smallest absolute Gasteiger partial charge is 0.246 e. The van der Waals surface area contributed by atoms with Gasteiger partial charge in [-0.25, -0.2) is 14.6 Å². The number of carbonyl (C=O) groups excluding carboxylic acids is 1. The molecular weight excluding hydrogens is 328 g/mol. The van der Waals surface area contributed by atoms with Gasteiger partial charge >= 0.3 is 0 Å². The number of hydrogen-bond acceptors (Lipinski definition) is 7. The van der Waals surface area contributed by atoms with Crippen LogP contribution in [0.4, 0.5) is 5.82 Å². The number of thiol groups is 1. The lowest BCUT2D eigenvalue weighted by molar-refractivity contribution is -0.139. The first-order chi connectivity index (χ1) is 11.3. The molecule has 0 bridgehead atoms. The molecule has 24 heavy (non-hydrogen) atoms. The molecule has 0 spiro atoms. The number of nitrogens with zero attached hydrogens (tertiary/aromatic N) is 5. The number of anilines is 1. The van der Waals surface area contributed by atoms with Crippen LogP contribution in [-0.2, 0) is 10.3 Å². The summed E-state index contributed by atoms with van der Waals surface area (Å²) in [7, 11) is 0. The van der Waals surface area contributed by atoms with Gasteiger partial charge in [-0.05, 0) is 26.5 Å². The lowest BCUT2D eigenvalue weighted by atomic mass is 10.1. The molecule has 9 heteroatoms. The summed E-state index contributed by atoms with van der Waals surface area (Å²) in [5.41, 5.74) is 6.38. The summed E-state index contributed by atoms with van der Waals surface area (Å²) in [6, 6.07) is 0. The molecule has 0 aromatic carbocycles. The molecule has 1 fully saturated rings. The highest BCUT2D eigenvalue weighted by molar-refractivity contribution is 7.80. The van der Waals surface area contributed by atoms with Gasteiger partial charge < -0.3 is 15.4 Å². The fraction of sp³-hybridized carbons (Fsp3) is 0.600. The number of rotatable bonds is 4. The molecule has 1 amide bonds. The SMILES string of the molecule is CC(C)(C)n1nc(OC2CN(C(=O)CCS)C2)c2c(N)ncnc21. The molecule has 130 valence electrons. The van der Waals surface area contributed by atoms with E-state index >= 15 is 0 Å². The molecule has 0 aliphatic carbocycles.